The SMILES string of the molecule is COc1cccc(C=NNc2cccc([N+](=O)[O-])c2)c1OCc1ccccc1Cl. The monoisotopic (exact) mass is 411 g/mol. The van der Waals surface area contributed by atoms with Crippen LogP contribution >= 0.6 is 11.6 Å². The summed E-state index contributed by atoms with van der Waals surface area (Å²) in [4.78, 5) is 10.4. The number of nitro benzene ring substituents is 1. The summed E-state index contributed by atoms with van der Waals surface area (Å²) in [7, 11) is 1.56. The summed E-state index contributed by atoms with van der Waals surface area (Å²) in [5, 5.41) is 15.7. The number of hydrogen-bond donors (Lipinski definition) is 1. The smallest absolute Gasteiger partial charge is 0.271 e. The molecule has 0 heterocycles. The van der Waals surface area contributed by atoms with Crippen molar-refractivity contribution in [1.82, 2.24) is 0 Å². The van der Waals surface area contributed by atoms with Gasteiger partial charge in [0.2, 0.25) is 0 Å². The van der Waals surface area contributed by atoms with Crippen molar-refractivity contribution in [3.05, 3.63) is 93.0 Å². The van der Waals surface area contributed by atoms with E-state index >= 15 is 0 Å². The number of para-hydroxylation sites is 1. The first-order valence-electron chi connectivity index (χ1n) is 8.65. The van der Waals surface area contributed by atoms with Gasteiger partial charge in [-0.2, -0.15) is 5.10 Å². The number of benzene rings is 3. The highest BCUT2D eigenvalue weighted by atomic mass is 35.5. The quantitative estimate of drug-likeness (QED) is 0.309. The first-order valence-corrected chi connectivity index (χ1v) is 9.03. The zero-order valence-electron chi connectivity index (χ0n) is 15.5. The lowest BCUT2D eigenvalue weighted by Crippen LogP contribution is -2.02. The molecule has 0 fully saturated rings. The minimum Gasteiger partial charge on any atom is -0.493 e. The van der Waals surface area contributed by atoms with Crippen LogP contribution in [0.1, 0.15) is 11.1 Å². The molecular weight excluding hydrogens is 394 g/mol. The van der Waals surface area contributed by atoms with Crippen LogP contribution in [0.25, 0.3) is 0 Å². The molecule has 0 radical (unpaired) electrons. The van der Waals surface area contributed by atoms with E-state index in [1.165, 1.54) is 12.1 Å². The Morgan fingerprint density at radius 2 is 1.93 bits per heavy atom. The van der Waals surface area contributed by atoms with Crippen molar-refractivity contribution in [2.45, 2.75) is 6.61 Å². The Morgan fingerprint density at radius 1 is 1.14 bits per heavy atom. The Balaban J connectivity index is 1.78. The van der Waals surface area contributed by atoms with E-state index in [0.717, 1.165) is 5.56 Å². The van der Waals surface area contributed by atoms with Gasteiger partial charge in [0.25, 0.3) is 5.69 Å². The van der Waals surface area contributed by atoms with Crippen molar-refractivity contribution in [3.8, 4) is 11.5 Å². The number of anilines is 1. The van der Waals surface area contributed by atoms with Crippen molar-refractivity contribution in [1.29, 1.82) is 0 Å². The fourth-order valence-electron chi connectivity index (χ4n) is 2.58. The average Bonchev–Trinajstić information content (AvgIpc) is 2.73. The molecule has 3 rings (SSSR count). The fourth-order valence-corrected chi connectivity index (χ4v) is 2.77. The minimum atomic E-state index is -0.461. The molecule has 0 unspecified atom stereocenters. The van der Waals surface area contributed by atoms with Crippen LogP contribution in [0.15, 0.2) is 71.8 Å². The van der Waals surface area contributed by atoms with Crippen molar-refractivity contribution < 1.29 is 14.4 Å². The second kappa shape index (κ2) is 9.57. The Labute approximate surface area is 172 Å². The Kier molecular flexibility index (Phi) is 6.65. The summed E-state index contributed by atoms with van der Waals surface area (Å²) in [5.41, 5.74) is 4.78. The third-order valence-electron chi connectivity index (χ3n) is 4.01. The van der Waals surface area contributed by atoms with Crippen LogP contribution in [0.2, 0.25) is 5.02 Å². The van der Waals surface area contributed by atoms with E-state index in [4.69, 9.17) is 21.1 Å². The average molecular weight is 412 g/mol. The van der Waals surface area contributed by atoms with Gasteiger partial charge in [0.1, 0.15) is 6.61 Å². The van der Waals surface area contributed by atoms with Gasteiger partial charge in [-0.25, -0.2) is 0 Å². The fraction of sp³-hybridized carbons (Fsp3) is 0.0952. The van der Waals surface area contributed by atoms with Gasteiger partial charge < -0.3 is 9.47 Å². The number of rotatable bonds is 8. The molecule has 29 heavy (non-hydrogen) atoms. The van der Waals surface area contributed by atoms with E-state index in [1.54, 1.807) is 37.6 Å². The number of methoxy groups -OCH3 is 1. The van der Waals surface area contributed by atoms with Crippen LogP contribution in [0, 0.1) is 10.1 Å². The summed E-state index contributed by atoms with van der Waals surface area (Å²) in [6.45, 7) is 0.263. The summed E-state index contributed by atoms with van der Waals surface area (Å²) in [5.74, 6) is 1.07. The molecule has 0 atom stereocenters. The zero-order chi connectivity index (χ0) is 20.6. The van der Waals surface area contributed by atoms with Gasteiger partial charge in [-0.1, -0.05) is 41.9 Å². The summed E-state index contributed by atoms with van der Waals surface area (Å²) in [6, 6.07) is 18.9. The van der Waals surface area contributed by atoms with E-state index < -0.39 is 4.92 Å². The number of nitrogens with one attached hydrogen (secondary N) is 1. The molecule has 0 spiro atoms. The van der Waals surface area contributed by atoms with E-state index in [0.29, 0.717) is 27.8 Å². The number of ether oxygens (including phenoxy) is 2. The van der Waals surface area contributed by atoms with E-state index in [9.17, 15) is 10.1 Å². The Bertz CT molecular complexity index is 1040. The molecule has 0 saturated heterocycles. The van der Waals surface area contributed by atoms with Crippen LogP contribution in [0.5, 0.6) is 11.5 Å². The second-order valence-electron chi connectivity index (χ2n) is 5.94. The lowest BCUT2D eigenvalue weighted by atomic mass is 10.2. The number of nitrogens with zero attached hydrogens (tertiary/aromatic N) is 2. The van der Waals surface area contributed by atoms with Gasteiger partial charge in [-0.05, 0) is 24.3 Å². The van der Waals surface area contributed by atoms with Crippen molar-refractivity contribution in [2.75, 3.05) is 12.5 Å². The van der Waals surface area contributed by atoms with Gasteiger partial charge in [0.05, 0.1) is 23.9 Å². The molecule has 3 aromatic rings. The molecule has 7 nitrogen and oxygen atoms in total. The molecule has 148 valence electrons. The van der Waals surface area contributed by atoms with Crippen LogP contribution in [-0.2, 0) is 6.61 Å². The lowest BCUT2D eigenvalue weighted by Gasteiger charge is -2.14. The molecule has 0 saturated carbocycles. The molecule has 3 aromatic carbocycles. The maximum absolute atomic E-state index is 10.9. The lowest BCUT2D eigenvalue weighted by molar-refractivity contribution is -0.384. The molecule has 0 aliphatic heterocycles. The summed E-state index contributed by atoms with van der Waals surface area (Å²) >= 11 is 6.19. The number of hydrazone groups is 1. The molecule has 1 N–H and O–H groups in total. The zero-order valence-corrected chi connectivity index (χ0v) is 16.3. The molecule has 0 aliphatic carbocycles. The van der Waals surface area contributed by atoms with Gasteiger partial charge in [-0.3, -0.25) is 15.5 Å². The first-order chi connectivity index (χ1) is 14.1. The second-order valence-corrected chi connectivity index (χ2v) is 6.34. The van der Waals surface area contributed by atoms with Crippen LogP contribution in [-0.4, -0.2) is 18.2 Å². The van der Waals surface area contributed by atoms with E-state index in [2.05, 4.69) is 10.5 Å². The highest BCUT2D eigenvalue weighted by molar-refractivity contribution is 6.31. The predicted octanol–water partition coefficient (Wildman–Crippen LogP) is 5.28. The molecular formula is C21H18ClN3O4. The minimum absolute atomic E-state index is 0.0182. The maximum Gasteiger partial charge on any atom is 0.271 e. The van der Waals surface area contributed by atoms with Crippen molar-refractivity contribution in [3.63, 3.8) is 0 Å². The molecule has 0 aliphatic rings. The number of non-ortho nitro benzene ring substituents is 1. The Morgan fingerprint density at radius 3 is 2.69 bits per heavy atom. The van der Waals surface area contributed by atoms with Crippen LogP contribution in [0.3, 0.4) is 0 Å². The van der Waals surface area contributed by atoms with Crippen molar-refractivity contribution >= 4 is 29.2 Å². The van der Waals surface area contributed by atoms with Crippen molar-refractivity contribution in [2.24, 2.45) is 5.10 Å². The molecule has 8 heteroatoms. The highest BCUT2D eigenvalue weighted by Crippen LogP contribution is 2.31. The van der Waals surface area contributed by atoms with Gasteiger partial charge in [0.15, 0.2) is 11.5 Å². The summed E-state index contributed by atoms with van der Waals surface area (Å²) < 4.78 is 11.4. The van der Waals surface area contributed by atoms with Gasteiger partial charge in [0, 0.05) is 28.3 Å². The highest BCUT2D eigenvalue weighted by Gasteiger charge is 2.11. The number of nitro groups is 1. The standard InChI is InChI=1S/C21H18ClN3O4/c1-28-20-11-4-7-15(21(20)29-14-16-6-2-3-10-19(16)22)13-23-24-17-8-5-9-18(12-17)25(26)27/h2-13,24H,14H2,1H3. The molecule has 0 aromatic heterocycles. The Hall–Kier alpha value is -3.58. The third kappa shape index (κ3) is 5.24. The number of hydrogen-bond acceptors (Lipinski definition) is 6. The largest absolute Gasteiger partial charge is 0.493 e. The normalized spacial score (nSPS) is 10.7. The van der Waals surface area contributed by atoms with Crippen LogP contribution in [0.4, 0.5) is 11.4 Å². The topological polar surface area (TPSA) is 86.0 Å². The van der Waals surface area contributed by atoms with Gasteiger partial charge in [-0.15, -0.1) is 0 Å². The van der Waals surface area contributed by atoms with E-state index in [1.807, 2.05) is 30.3 Å². The molecule has 0 bridgehead atoms. The maximum atomic E-state index is 10.9. The van der Waals surface area contributed by atoms with E-state index in [-0.39, 0.29) is 12.3 Å². The van der Waals surface area contributed by atoms with Crippen LogP contribution < -0.4 is 14.9 Å². The molecule has 0 amide bonds. The number of halogens is 1. The first kappa shape index (κ1) is 20.2. The predicted molar refractivity (Wildman–Crippen MR) is 113 cm³/mol. The summed E-state index contributed by atoms with van der Waals surface area (Å²) in [6.07, 6.45) is 1.56. The van der Waals surface area contributed by atoms with Gasteiger partial charge >= 0.3 is 0 Å². The third-order valence-corrected chi connectivity index (χ3v) is 4.38.